The van der Waals surface area contributed by atoms with Crippen molar-refractivity contribution in [2.45, 2.75) is 51.1 Å². The van der Waals surface area contributed by atoms with Crippen LogP contribution in [0.1, 0.15) is 39.0 Å². The van der Waals surface area contributed by atoms with E-state index in [4.69, 9.17) is 10.5 Å². The van der Waals surface area contributed by atoms with Gasteiger partial charge in [0.25, 0.3) is 0 Å². The van der Waals surface area contributed by atoms with E-state index in [0.29, 0.717) is 12.6 Å². The minimum Gasteiger partial charge on any atom is -0.385 e. The Bertz CT molecular complexity index is 213. The van der Waals surface area contributed by atoms with Crippen molar-refractivity contribution in [1.82, 2.24) is 5.32 Å². The van der Waals surface area contributed by atoms with E-state index in [1.165, 1.54) is 0 Å². The van der Waals surface area contributed by atoms with Gasteiger partial charge in [-0.25, -0.2) is 0 Å². The molecule has 0 bridgehead atoms. The second kappa shape index (κ2) is 6.86. The minimum absolute atomic E-state index is 0.171. The van der Waals surface area contributed by atoms with E-state index in [1.807, 2.05) is 6.92 Å². The van der Waals surface area contributed by atoms with Gasteiger partial charge in [0.2, 0.25) is 5.91 Å². The fraction of sp³-hybridized carbons (Fsp3) is 0.917. The summed E-state index contributed by atoms with van der Waals surface area (Å²) in [7, 11) is 1.68. The van der Waals surface area contributed by atoms with Crippen LogP contribution >= 0.6 is 0 Å². The van der Waals surface area contributed by atoms with Crippen LogP contribution < -0.4 is 11.1 Å². The maximum absolute atomic E-state index is 11.9. The van der Waals surface area contributed by atoms with Gasteiger partial charge >= 0.3 is 0 Å². The molecule has 1 saturated carbocycles. The zero-order valence-electron chi connectivity index (χ0n) is 10.4. The summed E-state index contributed by atoms with van der Waals surface area (Å²) >= 11 is 0. The molecule has 1 unspecified atom stereocenters. The molecule has 0 aliphatic heterocycles. The van der Waals surface area contributed by atoms with Crippen LogP contribution in [-0.2, 0) is 9.53 Å². The lowest BCUT2D eigenvalue weighted by molar-refractivity contribution is -0.126. The normalized spacial score (nSPS) is 27.4. The Labute approximate surface area is 97.9 Å². The molecule has 1 atom stereocenters. The third kappa shape index (κ3) is 4.49. The van der Waals surface area contributed by atoms with E-state index in [0.717, 1.165) is 32.1 Å². The molecule has 0 aromatic carbocycles. The molecule has 1 fully saturated rings. The highest BCUT2D eigenvalue weighted by Crippen LogP contribution is 2.23. The lowest BCUT2D eigenvalue weighted by Gasteiger charge is -2.26. The molecule has 1 aliphatic carbocycles. The summed E-state index contributed by atoms with van der Waals surface area (Å²) in [6, 6.07) is 0.498. The van der Waals surface area contributed by atoms with Gasteiger partial charge in [-0.3, -0.25) is 4.79 Å². The number of hydrogen-bond acceptors (Lipinski definition) is 3. The molecular weight excluding hydrogens is 204 g/mol. The van der Waals surface area contributed by atoms with Gasteiger partial charge < -0.3 is 15.8 Å². The van der Waals surface area contributed by atoms with Crippen LogP contribution in [0.3, 0.4) is 0 Å². The molecule has 1 aliphatic rings. The fourth-order valence-corrected chi connectivity index (χ4v) is 2.11. The van der Waals surface area contributed by atoms with Crippen LogP contribution in [0.5, 0.6) is 0 Å². The van der Waals surface area contributed by atoms with Crippen LogP contribution in [0.25, 0.3) is 0 Å². The Morgan fingerprint density at radius 2 is 2.06 bits per heavy atom. The number of ether oxygens (including phenoxy) is 1. The van der Waals surface area contributed by atoms with E-state index < -0.39 is 0 Å². The van der Waals surface area contributed by atoms with Crippen molar-refractivity contribution < 1.29 is 9.53 Å². The first-order valence-electron chi connectivity index (χ1n) is 6.18. The largest absolute Gasteiger partial charge is 0.385 e. The van der Waals surface area contributed by atoms with Crippen LogP contribution in [0.2, 0.25) is 0 Å². The Morgan fingerprint density at radius 1 is 1.44 bits per heavy atom. The molecule has 1 rings (SSSR count). The lowest BCUT2D eigenvalue weighted by Crippen LogP contribution is -2.40. The third-order valence-corrected chi connectivity index (χ3v) is 3.29. The zero-order chi connectivity index (χ0) is 12.0. The first-order chi connectivity index (χ1) is 7.63. The predicted molar refractivity (Wildman–Crippen MR) is 64.0 cm³/mol. The van der Waals surface area contributed by atoms with E-state index in [2.05, 4.69) is 5.32 Å². The fourth-order valence-electron chi connectivity index (χ4n) is 2.11. The van der Waals surface area contributed by atoms with Crippen LogP contribution in [-0.4, -0.2) is 31.7 Å². The maximum Gasteiger partial charge on any atom is 0.223 e. The first kappa shape index (κ1) is 13.5. The zero-order valence-corrected chi connectivity index (χ0v) is 10.4. The standard InChI is InChI=1S/C12H24N2O2/c1-9(7-8-16-2)14-12(15)10-3-5-11(13)6-4-10/h9-11H,3-8,13H2,1-2H3,(H,14,15). The van der Waals surface area contributed by atoms with E-state index >= 15 is 0 Å². The smallest absolute Gasteiger partial charge is 0.223 e. The molecule has 94 valence electrons. The number of carbonyl (C=O) groups excluding carboxylic acids is 1. The second-order valence-electron chi connectivity index (χ2n) is 4.80. The van der Waals surface area contributed by atoms with Crippen LogP contribution in [0, 0.1) is 5.92 Å². The maximum atomic E-state index is 11.9. The van der Waals surface area contributed by atoms with E-state index in [-0.39, 0.29) is 17.9 Å². The summed E-state index contributed by atoms with van der Waals surface area (Å²) in [4.78, 5) is 11.9. The summed E-state index contributed by atoms with van der Waals surface area (Å²) < 4.78 is 4.99. The molecule has 0 aromatic heterocycles. The highest BCUT2D eigenvalue weighted by molar-refractivity contribution is 5.78. The summed E-state index contributed by atoms with van der Waals surface area (Å²) in [6.07, 6.45) is 4.69. The van der Waals surface area contributed by atoms with Crippen molar-refractivity contribution in [1.29, 1.82) is 0 Å². The van der Waals surface area contributed by atoms with Gasteiger partial charge in [0.15, 0.2) is 0 Å². The van der Waals surface area contributed by atoms with E-state index in [1.54, 1.807) is 7.11 Å². The van der Waals surface area contributed by atoms with Gasteiger partial charge in [0.1, 0.15) is 0 Å². The van der Waals surface area contributed by atoms with Gasteiger partial charge in [0.05, 0.1) is 0 Å². The Balaban J connectivity index is 2.23. The van der Waals surface area contributed by atoms with Crippen molar-refractivity contribution in [2.24, 2.45) is 11.7 Å². The molecule has 0 radical (unpaired) electrons. The average Bonchev–Trinajstić information content (AvgIpc) is 2.27. The molecule has 4 heteroatoms. The van der Waals surface area contributed by atoms with Crippen molar-refractivity contribution >= 4 is 5.91 Å². The summed E-state index contributed by atoms with van der Waals surface area (Å²) in [5, 5.41) is 3.04. The second-order valence-corrected chi connectivity index (χ2v) is 4.80. The number of hydrogen-bond donors (Lipinski definition) is 2. The van der Waals surface area contributed by atoms with Gasteiger partial charge in [-0.15, -0.1) is 0 Å². The number of carbonyl (C=O) groups is 1. The first-order valence-corrected chi connectivity index (χ1v) is 6.18. The van der Waals surface area contributed by atoms with Crippen molar-refractivity contribution in [3.63, 3.8) is 0 Å². The number of nitrogens with two attached hydrogens (primary N) is 1. The summed E-state index contributed by atoms with van der Waals surface area (Å²) in [5.41, 5.74) is 5.82. The molecule has 1 amide bonds. The summed E-state index contributed by atoms with van der Waals surface area (Å²) in [5.74, 6) is 0.361. The van der Waals surface area contributed by atoms with E-state index in [9.17, 15) is 4.79 Å². The third-order valence-electron chi connectivity index (χ3n) is 3.29. The molecule has 0 heterocycles. The monoisotopic (exact) mass is 228 g/mol. The molecular formula is C12H24N2O2. The van der Waals surface area contributed by atoms with Gasteiger partial charge in [0, 0.05) is 31.7 Å². The molecule has 3 N–H and O–H groups in total. The number of amides is 1. The minimum atomic E-state index is 0.171. The molecule has 0 saturated heterocycles. The Hall–Kier alpha value is -0.610. The lowest BCUT2D eigenvalue weighted by atomic mass is 9.86. The molecule has 0 aromatic rings. The number of methoxy groups -OCH3 is 1. The molecule has 0 spiro atoms. The van der Waals surface area contributed by atoms with Gasteiger partial charge in [-0.1, -0.05) is 0 Å². The highest BCUT2D eigenvalue weighted by Gasteiger charge is 2.25. The SMILES string of the molecule is COCCC(C)NC(=O)C1CCC(N)CC1. The summed E-state index contributed by atoms with van der Waals surface area (Å²) in [6.45, 7) is 2.71. The highest BCUT2D eigenvalue weighted by atomic mass is 16.5. The Morgan fingerprint density at radius 3 is 2.62 bits per heavy atom. The van der Waals surface area contributed by atoms with Gasteiger partial charge in [-0.05, 0) is 39.0 Å². The van der Waals surface area contributed by atoms with Crippen molar-refractivity contribution in [3.05, 3.63) is 0 Å². The number of rotatable bonds is 5. The van der Waals surface area contributed by atoms with Crippen LogP contribution in [0.15, 0.2) is 0 Å². The van der Waals surface area contributed by atoms with Crippen molar-refractivity contribution in [2.75, 3.05) is 13.7 Å². The molecule has 4 nitrogen and oxygen atoms in total. The van der Waals surface area contributed by atoms with Gasteiger partial charge in [-0.2, -0.15) is 0 Å². The average molecular weight is 228 g/mol. The van der Waals surface area contributed by atoms with Crippen molar-refractivity contribution in [3.8, 4) is 0 Å². The number of nitrogens with one attached hydrogen (secondary N) is 1. The van der Waals surface area contributed by atoms with Crippen LogP contribution in [0.4, 0.5) is 0 Å². The Kier molecular flexibility index (Phi) is 5.77. The quantitative estimate of drug-likeness (QED) is 0.739. The topological polar surface area (TPSA) is 64.3 Å². The predicted octanol–water partition coefficient (Wildman–Crippen LogP) is 1.05. The molecule has 16 heavy (non-hydrogen) atoms.